The number of carbonyl (C=O) groups is 2. The third-order valence-corrected chi connectivity index (χ3v) is 4.91. The SMILES string of the molecule is CC1CC(=O)Nc2ccc(C(=O)N3C4CCC3COC4)cc2N1. The second-order valence-corrected chi connectivity index (χ2v) is 6.69. The number of fused-ring (bicyclic) bond motifs is 3. The molecule has 1 aromatic carbocycles. The molecule has 2 bridgehead atoms. The van der Waals surface area contributed by atoms with Gasteiger partial charge < -0.3 is 20.3 Å². The summed E-state index contributed by atoms with van der Waals surface area (Å²) in [6, 6.07) is 5.91. The Labute approximate surface area is 135 Å². The Bertz CT molecular complexity index is 644. The highest BCUT2D eigenvalue weighted by molar-refractivity contribution is 6.00. The van der Waals surface area contributed by atoms with Crippen LogP contribution in [0, 0.1) is 0 Å². The summed E-state index contributed by atoms with van der Waals surface area (Å²) in [4.78, 5) is 26.7. The van der Waals surface area contributed by atoms with E-state index in [0.717, 1.165) is 24.2 Å². The average Bonchev–Trinajstić information content (AvgIpc) is 2.68. The number of nitrogens with one attached hydrogen (secondary N) is 2. The minimum atomic E-state index is -0.00551. The summed E-state index contributed by atoms with van der Waals surface area (Å²) < 4.78 is 5.55. The van der Waals surface area contributed by atoms with E-state index in [0.29, 0.717) is 25.2 Å². The van der Waals surface area contributed by atoms with Crippen LogP contribution in [0.25, 0.3) is 0 Å². The molecule has 2 N–H and O–H groups in total. The van der Waals surface area contributed by atoms with Gasteiger partial charge in [-0.2, -0.15) is 0 Å². The highest BCUT2D eigenvalue weighted by Crippen LogP contribution is 2.32. The van der Waals surface area contributed by atoms with Crippen molar-refractivity contribution in [2.24, 2.45) is 0 Å². The zero-order valence-electron chi connectivity index (χ0n) is 13.2. The van der Waals surface area contributed by atoms with Crippen LogP contribution in [0.15, 0.2) is 18.2 Å². The second kappa shape index (κ2) is 5.53. The number of anilines is 2. The molecule has 4 rings (SSSR count). The zero-order chi connectivity index (χ0) is 16.0. The van der Waals surface area contributed by atoms with E-state index in [1.54, 1.807) is 6.07 Å². The molecule has 2 fully saturated rings. The number of rotatable bonds is 1. The molecular formula is C17H21N3O3. The largest absolute Gasteiger partial charge is 0.380 e. The van der Waals surface area contributed by atoms with Crippen molar-refractivity contribution in [3.63, 3.8) is 0 Å². The van der Waals surface area contributed by atoms with E-state index in [-0.39, 0.29) is 29.9 Å². The molecule has 3 aliphatic heterocycles. The first kappa shape index (κ1) is 14.5. The highest BCUT2D eigenvalue weighted by Gasteiger charge is 2.40. The van der Waals surface area contributed by atoms with E-state index >= 15 is 0 Å². The summed E-state index contributed by atoms with van der Waals surface area (Å²) in [5, 5.41) is 6.19. The maximum atomic E-state index is 12.9. The molecule has 3 unspecified atom stereocenters. The van der Waals surface area contributed by atoms with Crippen molar-refractivity contribution >= 4 is 23.2 Å². The molecular weight excluding hydrogens is 294 g/mol. The molecule has 6 nitrogen and oxygen atoms in total. The van der Waals surface area contributed by atoms with E-state index < -0.39 is 0 Å². The maximum Gasteiger partial charge on any atom is 0.254 e. The van der Waals surface area contributed by atoms with Crippen molar-refractivity contribution in [1.29, 1.82) is 0 Å². The fourth-order valence-electron chi connectivity index (χ4n) is 3.81. The number of benzene rings is 1. The average molecular weight is 315 g/mol. The Balaban J connectivity index is 1.63. The van der Waals surface area contributed by atoms with Crippen LogP contribution in [0.4, 0.5) is 11.4 Å². The van der Waals surface area contributed by atoms with Crippen molar-refractivity contribution < 1.29 is 14.3 Å². The number of nitrogens with zero attached hydrogens (tertiary/aromatic N) is 1. The summed E-state index contributed by atoms with van der Waals surface area (Å²) in [5.41, 5.74) is 2.22. The standard InChI is InChI=1S/C17H21N3O3/c1-10-6-16(21)19-14-5-2-11(7-15(14)18-10)17(22)20-12-3-4-13(20)9-23-8-12/h2,5,7,10,12-13,18H,3-4,6,8-9H2,1H3,(H,19,21). The van der Waals surface area contributed by atoms with Gasteiger partial charge >= 0.3 is 0 Å². The van der Waals surface area contributed by atoms with Gasteiger partial charge in [0.2, 0.25) is 5.91 Å². The monoisotopic (exact) mass is 315 g/mol. The van der Waals surface area contributed by atoms with Crippen LogP contribution >= 0.6 is 0 Å². The van der Waals surface area contributed by atoms with Crippen molar-refractivity contribution in [2.45, 2.75) is 44.3 Å². The van der Waals surface area contributed by atoms with Gasteiger partial charge in [0, 0.05) is 18.0 Å². The summed E-state index contributed by atoms with van der Waals surface area (Å²) in [7, 11) is 0. The molecule has 3 heterocycles. The van der Waals surface area contributed by atoms with Gasteiger partial charge in [-0.3, -0.25) is 9.59 Å². The minimum absolute atomic E-state index is 0.00551. The first-order valence-electron chi connectivity index (χ1n) is 8.22. The smallest absolute Gasteiger partial charge is 0.254 e. The van der Waals surface area contributed by atoms with Gasteiger partial charge in [-0.25, -0.2) is 0 Å². The van der Waals surface area contributed by atoms with E-state index in [9.17, 15) is 9.59 Å². The van der Waals surface area contributed by atoms with Crippen LogP contribution < -0.4 is 10.6 Å². The normalized spacial score (nSPS) is 29.3. The van der Waals surface area contributed by atoms with E-state index in [4.69, 9.17) is 4.74 Å². The van der Waals surface area contributed by atoms with Gasteiger partial charge in [-0.15, -0.1) is 0 Å². The zero-order valence-corrected chi connectivity index (χ0v) is 13.2. The molecule has 2 saturated heterocycles. The van der Waals surface area contributed by atoms with Crippen molar-refractivity contribution in [1.82, 2.24) is 4.90 Å². The Hall–Kier alpha value is -2.08. The first-order chi connectivity index (χ1) is 11.1. The van der Waals surface area contributed by atoms with Gasteiger partial charge in [0.15, 0.2) is 0 Å². The predicted molar refractivity (Wildman–Crippen MR) is 86.6 cm³/mol. The maximum absolute atomic E-state index is 12.9. The first-order valence-corrected chi connectivity index (χ1v) is 8.22. The van der Waals surface area contributed by atoms with Crippen LogP contribution in [-0.2, 0) is 9.53 Å². The molecule has 23 heavy (non-hydrogen) atoms. The predicted octanol–water partition coefficient (Wildman–Crippen LogP) is 1.83. The number of hydrogen-bond donors (Lipinski definition) is 2. The number of amides is 2. The molecule has 0 spiro atoms. The fourth-order valence-corrected chi connectivity index (χ4v) is 3.81. The van der Waals surface area contributed by atoms with Crippen LogP contribution in [-0.4, -0.2) is 48.1 Å². The van der Waals surface area contributed by atoms with Crippen molar-refractivity contribution in [3.8, 4) is 0 Å². The third kappa shape index (κ3) is 2.57. The van der Waals surface area contributed by atoms with Crippen LogP contribution in [0.2, 0.25) is 0 Å². The molecule has 0 radical (unpaired) electrons. The molecule has 3 atom stereocenters. The summed E-state index contributed by atoms with van der Waals surface area (Å²) >= 11 is 0. The van der Waals surface area contributed by atoms with Gasteiger partial charge in [-0.05, 0) is 38.0 Å². The lowest BCUT2D eigenvalue weighted by atomic mass is 10.1. The molecule has 6 heteroatoms. The lowest BCUT2D eigenvalue weighted by Gasteiger charge is -2.34. The van der Waals surface area contributed by atoms with Gasteiger partial charge in [-0.1, -0.05) is 0 Å². The van der Waals surface area contributed by atoms with E-state index in [1.807, 2.05) is 24.0 Å². The molecule has 3 aliphatic rings. The Morgan fingerprint density at radius 2 is 1.96 bits per heavy atom. The number of morpholine rings is 1. The highest BCUT2D eigenvalue weighted by atomic mass is 16.5. The van der Waals surface area contributed by atoms with Crippen molar-refractivity contribution in [2.75, 3.05) is 23.8 Å². The Kier molecular flexibility index (Phi) is 3.49. The number of carbonyl (C=O) groups excluding carboxylic acids is 2. The van der Waals surface area contributed by atoms with Gasteiger partial charge in [0.05, 0.1) is 36.7 Å². The summed E-state index contributed by atoms with van der Waals surface area (Å²) in [6.07, 6.45) is 2.46. The third-order valence-electron chi connectivity index (χ3n) is 4.91. The van der Waals surface area contributed by atoms with Crippen molar-refractivity contribution in [3.05, 3.63) is 23.8 Å². The minimum Gasteiger partial charge on any atom is -0.380 e. The molecule has 122 valence electrons. The lowest BCUT2D eigenvalue weighted by Crippen LogP contribution is -2.49. The Morgan fingerprint density at radius 1 is 1.22 bits per heavy atom. The molecule has 0 aliphatic carbocycles. The van der Waals surface area contributed by atoms with Gasteiger partial charge in [0.25, 0.3) is 5.91 Å². The summed E-state index contributed by atoms with van der Waals surface area (Å²) in [6.45, 7) is 3.24. The molecule has 0 saturated carbocycles. The lowest BCUT2D eigenvalue weighted by molar-refractivity contribution is -0.116. The molecule has 2 amide bonds. The molecule has 1 aromatic rings. The number of ether oxygens (including phenoxy) is 1. The summed E-state index contributed by atoms with van der Waals surface area (Å²) in [5.74, 6) is 0.0580. The Morgan fingerprint density at radius 3 is 2.70 bits per heavy atom. The van der Waals surface area contributed by atoms with Crippen LogP contribution in [0.1, 0.15) is 36.5 Å². The fraction of sp³-hybridized carbons (Fsp3) is 0.529. The number of hydrogen-bond acceptors (Lipinski definition) is 4. The molecule has 0 aromatic heterocycles. The topological polar surface area (TPSA) is 70.7 Å². The van der Waals surface area contributed by atoms with Crippen LogP contribution in [0.3, 0.4) is 0 Å². The van der Waals surface area contributed by atoms with E-state index in [2.05, 4.69) is 10.6 Å². The van der Waals surface area contributed by atoms with E-state index in [1.165, 1.54) is 0 Å². The van der Waals surface area contributed by atoms with Crippen LogP contribution in [0.5, 0.6) is 0 Å². The van der Waals surface area contributed by atoms with Gasteiger partial charge in [0.1, 0.15) is 0 Å². The second-order valence-electron chi connectivity index (χ2n) is 6.69. The quantitative estimate of drug-likeness (QED) is 0.829.